The first-order valence-corrected chi connectivity index (χ1v) is 7.06. The molecule has 0 bridgehead atoms. The Balaban J connectivity index is 2.13. The van der Waals surface area contributed by atoms with Crippen molar-refractivity contribution in [2.45, 2.75) is 13.3 Å². The molecule has 0 saturated heterocycles. The van der Waals surface area contributed by atoms with Gasteiger partial charge in [0.05, 0.1) is 12.1 Å². The van der Waals surface area contributed by atoms with Crippen LogP contribution >= 0.6 is 11.3 Å². The molecule has 19 heavy (non-hydrogen) atoms. The molecule has 0 radical (unpaired) electrons. The fourth-order valence-corrected chi connectivity index (χ4v) is 2.70. The van der Waals surface area contributed by atoms with Crippen LogP contribution in [0.1, 0.15) is 13.3 Å². The van der Waals surface area contributed by atoms with E-state index in [1.165, 1.54) is 0 Å². The van der Waals surface area contributed by atoms with E-state index in [1.54, 1.807) is 11.3 Å². The summed E-state index contributed by atoms with van der Waals surface area (Å²) >= 11 is 1.55. The van der Waals surface area contributed by atoms with Crippen LogP contribution in [-0.2, 0) is 4.79 Å². The molecule has 1 aromatic carbocycles. The smallest absolute Gasteiger partial charge is 0.305 e. The van der Waals surface area contributed by atoms with Crippen LogP contribution in [0.25, 0.3) is 11.3 Å². The summed E-state index contributed by atoms with van der Waals surface area (Å²) in [7, 11) is 0. The van der Waals surface area contributed by atoms with Crippen LogP contribution in [0.5, 0.6) is 0 Å². The van der Waals surface area contributed by atoms with Crippen molar-refractivity contribution in [1.82, 2.24) is 4.98 Å². The highest BCUT2D eigenvalue weighted by atomic mass is 32.1. The van der Waals surface area contributed by atoms with Crippen LogP contribution in [0.3, 0.4) is 0 Å². The van der Waals surface area contributed by atoms with Crippen LogP contribution in [-0.4, -0.2) is 29.1 Å². The zero-order valence-corrected chi connectivity index (χ0v) is 11.6. The normalized spacial score (nSPS) is 10.4. The van der Waals surface area contributed by atoms with Crippen LogP contribution in [0, 0.1) is 0 Å². The van der Waals surface area contributed by atoms with E-state index >= 15 is 0 Å². The molecule has 0 unspecified atom stereocenters. The molecule has 2 rings (SSSR count). The monoisotopic (exact) mass is 276 g/mol. The van der Waals surface area contributed by atoms with Crippen LogP contribution < -0.4 is 4.90 Å². The molecule has 0 aliphatic carbocycles. The van der Waals surface area contributed by atoms with E-state index in [1.807, 2.05) is 47.5 Å². The van der Waals surface area contributed by atoms with Crippen molar-refractivity contribution in [3.05, 3.63) is 35.7 Å². The van der Waals surface area contributed by atoms with Gasteiger partial charge in [0.15, 0.2) is 5.13 Å². The second-order valence-electron chi connectivity index (χ2n) is 4.10. The predicted octanol–water partition coefficient (Wildman–Crippen LogP) is 3.11. The van der Waals surface area contributed by atoms with Gasteiger partial charge in [-0.2, -0.15) is 0 Å². The Kier molecular flexibility index (Phi) is 4.52. The summed E-state index contributed by atoms with van der Waals surface area (Å²) in [6, 6.07) is 9.98. The maximum atomic E-state index is 10.6. The lowest BCUT2D eigenvalue weighted by atomic mass is 10.2. The fraction of sp³-hybridized carbons (Fsp3) is 0.286. The number of hydrogen-bond acceptors (Lipinski definition) is 4. The van der Waals surface area contributed by atoms with Crippen LogP contribution in [0.15, 0.2) is 35.7 Å². The molecular formula is C14H16N2O2S. The molecule has 1 N–H and O–H groups in total. The van der Waals surface area contributed by atoms with Gasteiger partial charge in [0.2, 0.25) is 0 Å². The molecule has 2 aromatic rings. The third kappa shape index (κ3) is 3.54. The van der Waals surface area contributed by atoms with E-state index in [0.717, 1.165) is 22.9 Å². The Labute approximate surface area is 116 Å². The van der Waals surface area contributed by atoms with Gasteiger partial charge in [-0.25, -0.2) is 4.98 Å². The second kappa shape index (κ2) is 6.33. The summed E-state index contributed by atoms with van der Waals surface area (Å²) in [4.78, 5) is 17.2. The summed E-state index contributed by atoms with van der Waals surface area (Å²) in [5.41, 5.74) is 2.02. The number of nitrogens with zero attached hydrogens (tertiary/aromatic N) is 2. The van der Waals surface area contributed by atoms with E-state index in [-0.39, 0.29) is 6.42 Å². The third-order valence-corrected chi connectivity index (χ3v) is 3.71. The standard InChI is InChI=1S/C14H16N2O2S/c1-2-16(9-8-13(17)18)14-15-12(10-19-14)11-6-4-3-5-7-11/h3-7,10H,2,8-9H2,1H3,(H,17,18). The SMILES string of the molecule is CCN(CCC(=O)O)c1nc(-c2ccccc2)cs1. The summed E-state index contributed by atoms with van der Waals surface area (Å²) in [6.07, 6.45) is 0.133. The average Bonchev–Trinajstić information content (AvgIpc) is 2.90. The lowest BCUT2D eigenvalue weighted by molar-refractivity contribution is -0.136. The largest absolute Gasteiger partial charge is 0.481 e. The maximum Gasteiger partial charge on any atom is 0.305 e. The third-order valence-electron chi connectivity index (χ3n) is 2.81. The zero-order chi connectivity index (χ0) is 13.7. The Morgan fingerprint density at radius 3 is 2.74 bits per heavy atom. The average molecular weight is 276 g/mol. The Morgan fingerprint density at radius 2 is 2.11 bits per heavy atom. The molecule has 0 fully saturated rings. The van der Waals surface area contributed by atoms with Crippen molar-refractivity contribution in [1.29, 1.82) is 0 Å². The first-order valence-electron chi connectivity index (χ1n) is 6.18. The molecule has 0 saturated carbocycles. The summed E-state index contributed by atoms with van der Waals surface area (Å²) < 4.78 is 0. The van der Waals surface area contributed by atoms with E-state index < -0.39 is 5.97 Å². The number of aliphatic carboxylic acids is 1. The molecule has 1 heterocycles. The van der Waals surface area contributed by atoms with Gasteiger partial charge in [0.25, 0.3) is 0 Å². The number of carboxylic acids is 1. The molecule has 0 spiro atoms. The molecule has 0 aliphatic heterocycles. The number of hydrogen-bond donors (Lipinski definition) is 1. The summed E-state index contributed by atoms with van der Waals surface area (Å²) in [5, 5.41) is 11.6. The van der Waals surface area contributed by atoms with Gasteiger partial charge in [-0.05, 0) is 6.92 Å². The van der Waals surface area contributed by atoms with Crippen molar-refractivity contribution >= 4 is 22.4 Å². The number of carboxylic acid groups (broad SMARTS) is 1. The predicted molar refractivity (Wildman–Crippen MR) is 77.7 cm³/mol. The highest BCUT2D eigenvalue weighted by molar-refractivity contribution is 7.14. The number of aromatic nitrogens is 1. The number of rotatable bonds is 6. The van der Waals surface area contributed by atoms with Crippen molar-refractivity contribution in [3.63, 3.8) is 0 Å². The lowest BCUT2D eigenvalue weighted by Gasteiger charge is -2.18. The molecule has 100 valence electrons. The maximum absolute atomic E-state index is 10.6. The number of anilines is 1. The Bertz CT molecular complexity index is 539. The lowest BCUT2D eigenvalue weighted by Crippen LogP contribution is -2.25. The first-order chi connectivity index (χ1) is 9.20. The molecule has 1 aromatic heterocycles. The van der Waals surface area contributed by atoms with Gasteiger partial charge >= 0.3 is 5.97 Å². The minimum Gasteiger partial charge on any atom is -0.481 e. The Hall–Kier alpha value is -1.88. The molecule has 0 aliphatic rings. The summed E-state index contributed by atoms with van der Waals surface area (Å²) in [6.45, 7) is 3.26. The van der Waals surface area contributed by atoms with E-state index in [0.29, 0.717) is 6.54 Å². The molecular weight excluding hydrogens is 260 g/mol. The van der Waals surface area contributed by atoms with E-state index in [4.69, 9.17) is 5.11 Å². The molecule has 5 heteroatoms. The van der Waals surface area contributed by atoms with Gasteiger partial charge in [-0.15, -0.1) is 11.3 Å². The van der Waals surface area contributed by atoms with Gasteiger partial charge < -0.3 is 10.0 Å². The van der Waals surface area contributed by atoms with Crippen molar-refractivity contribution in [2.75, 3.05) is 18.0 Å². The second-order valence-corrected chi connectivity index (χ2v) is 4.94. The minimum absolute atomic E-state index is 0.133. The number of thiazole rings is 1. The fourth-order valence-electron chi connectivity index (χ4n) is 1.77. The number of benzene rings is 1. The van der Waals surface area contributed by atoms with Gasteiger partial charge in [-0.1, -0.05) is 30.3 Å². The quantitative estimate of drug-likeness (QED) is 0.880. The first kappa shape index (κ1) is 13.5. The zero-order valence-electron chi connectivity index (χ0n) is 10.7. The van der Waals surface area contributed by atoms with Crippen LogP contribution in [0.2, 0.25) is 0 Å². The highest BCUT2D eigenvalue weighted by Crippen LogP contribution is 2.27. The topological polar surface area (TPSA) is 53.4 Å². The van der Waals surface area contributed by atoms with Gasteiger partial charge in [-0.3, -0.25) is 4.79 Å². The number of carbonyl (C=O) groups is 1. The van der Waals surface area contributed by atoms with Crippen LogP contribution in [0.4, 0.5) is 5.13 Å². The Morgan fingerprint density at radius 1 is 1.37 bits per heavy atom. The minimum atomic E-state index is -0.779. The van der Waals surface area contributed by atoms with Crippen molar-refractivity contribution < 1.29 is 9.90 Å². The van der Waals surface area contributed by atoms with E-state index in [2.05, 4.69) is 4.98 Å². The summed E-state index contributed by atoms with van der Waals surface area (Å²) in [5.74, 6) is -0.779. The van der Waals surface area contributed by atoms with Crippen molar-refractivity contribution in [3.8, 4) is 11.3 Å². The highest BCUT2D eigenvalue weighted by Gasteiger charge is 2.11. The molecule has 0 amide bonds. The van der Waals surface area contributed by atoms with Gasteiger partial charge in [0, 0.05) is 24.0 Å². The van der Waals surface area contributed by atoms with Crippen molar-refractivity contribution in [2.24, 2.45) is 0 Å². The molecule has 0 atom stereocenters. The van der Waals surface area contributed by atoms with E-state index in [9.17, 15) is 4.79 Å². The molecule has 4 nitrogen and oxygen atoms in total. The van der Waals surface area contributed by atoms with Gasteiger partial charge in [0.1, 0.15) is 0 Å².